The van der Waals surface area contributed by atoms with Crippen LogP contribution in [0.15, 0.2) is 5.16 Å². The average Bonchev–Trinajstić information content (AvgIpc) is 2.31. The van der Waals surface area contributed by atoms with E-state index in [0.29, 0.717) is 12.1 Å². The minimum atomic E-state index is -1.87. The van der Waals surface area contributed by atoms with Crippen LogP contribution in [0.2, 0.25) is 0 Å². The Labute approximate surface area is 85.2 Å². The van der Waals surface area contributed by atoms with Gasteiger partial charge in [0.15, 0.2) is 0 Å². The van der Waals surface area contributed by atoms with E-state index in [-0.39, 0.29) is 6.42 Å². The first-order chi connectivity index (χ1) is 5.39. The monoisotopic (exact) mass is 231 g/mol. The van der Waals surface area contributed by atoms with E-state index in [1.807, 2.05) is 6.92 Å². The van der Waals surface area contributed by atoms with Crippen LogP contribution in [-0.2, 0) is 4.84 Å². The van der Waals surface area contributed by atoms with Gasteiger partial charge in [-0.3, -0.25) is 0 Å². The summed E-state index contributed by atoms with van der Waals surface area (Å²) in [4.78, 5) is 4.66. The van der Waals surface area contributed by atoms with Crippen molar-refractivity contribution in [2.45, 2.75) is 29.3 Å². The molecule has 70 valence electrons. The zero-order chi connectivity index (χ0) is 9.41. The maximum atomic E-state index is 9.60. The van der Waals surface area contributed by atoms with Crippen LogP contribution in [0.4, 0.5) is 0 Å². The molecule has 6 heteroatoms. The van der Waals surface area contributed by atoms with Crippen LogP contribution in [0.5, 0.6) is 0 Å². The number of oxime groups is 1. The van der Waals surface area contributed by atoms with Crippen molar-refractivity contribution in [2.24, 2.45) is 5.16 Å². The lowest BCUT2D eigenvalue weighted by Gasteiger charge is -2.26. The number of nitrogens with zero attached hydrogens (tertiary/aromatic N) is 1. The SMILES string of the molecule is CCC1=NOC(O)(C(Cl)(Cl)Cl)C1. The topological polar surface area (TPSA) is 41.8 Å². The number of halogens is 3. The standard InChI is InChI=1S/C6H8Cl3NO2/c1-2-4-3-5(11,12-10-4)6(7,8)9/h11H,2-3H2,1H3. The molecule has 1 rings (SSSR count). The molecule has 1 unspecified atom stereocenters. The van der Waals surface area contributed by atoms with E-state index < -0.39 is 9.58 Å². The number of hydrogen-bond donors (Lipinski definition) is 1. The third-order valence-electron chi connectivity index (χ3n) is 1.62. The largest absolute Gasteiger partial charge is 0.355 e. The summed E-state index contributed by atoms with van der Waals surface area (Å²) in [6.45, 7) is 1.88. The molecule has 0 saturated carbocycles. The van der Waals surface area contributed by atoms with E-state index in [2.05, 4.69) is 9.99 Å². The van der Waals surface area contributed by atoms with Crippen molar-refractivity contribution < 1.29 is 9.94 Å². The maximum absolute atomic E-state index is 9.60. The fourth-order valence-electron chi connectivity index (χ4n) is 0.823. The van der Waals surface area contributed by atoms with Gasteiger partial charge in [-0.1, -0.05) is 46.9 Å². The molecule has 1 heterocycles. The molecule has 0 aromatic heterocycles. The summed E-state index contributed by atoms with van der Waals surface area (Å²) >= 11 is 16.5. The fourth-order valence-corrected chi connectivity index (χ4v) is 1.13. The van der Waals surface area contributed by atoms with E-state index >= 15 is 0 Å². The zero-order valence-corrected chi connectivity index (χ0v) is 8.62. The number of rotatable bonds is 1. The van der Waals surface area contributed by atoms with Gasteiger partial charge < -0.3 is 9.94 Å². The highest BCUT2D eigenvalue weighted by atomic mass is 35.6. The quantitative estimate of drug-likeness (QED) is 0.705. The summed E-state index contributed by atoms with van der Waals surface area (Å²) < 4.78 is -1.87. The molecule has 0 aromatic carbocycles. The second kappa shape index (κ2) is 3.22. The minimum Gasteiger partial charge on any atom is -0.355 e. The van der Waals surface area contributed by atoms with Gasteiger partial charge in [-0.25, -0.2) is 0 Å². The van der Waals surface area contributed by atoms with E-state index in [0.717, 1.165) is 0 Å². The Hall–Kier alpha value is 0.300. The average molecular weight is 232 g/mol. The van der Waals surface area contributed by atoms with Gasteiger partial charge in [0.1, 0.15) is 0 Å². The second-order valence-electron chi connectivity index (χ2n) is 2.56. The number of alkyl halides is 3. The van der Waals surface area contributed by atoms with Crippen molar-refractivity contribution in [1.82, 2.24) is 0 Å². The molecule has 0 radical (unpaired) electrons. The second-order valence-corrected chi connectivity index (χ2v) is 4.84. The smallest absolute Gasteiger partial charge is 0.287 e. The maximum Gasteiger partial charge on any atom is 0.287 e. The van der Waals surface area contributed by atoms with Crippen LogP contribution in [0, 0.1) is 0 Å². The fraction of sp³-hybridized carbons (Fsp3) is 0.833. The molecule has 3 nitrogen and oxygen atoms in total. The predicted molar refractivity (Wildman–Crippen MR) is 48.7 cm³/mol. The van der Waals surface area contributed by atoms with E-state index in [4.69, 9.17) is 34.8 Å². The van der Waals surface area contributed by atoms with Crippen molar-refractivity contribution in [3.63, 3.8) is 0 Å². The highest BCUT2D eigenvalue weighted by molar-refractivity contribution is 6.68. The van der Waals surface area contributed by atoms with Gasteiger partial charge in [0.25, 0.3) is 9.58 Å². The molecule has 0 bridgehead atoms. The van der Waals surface area contributed by atoms with Crippen molar-refractivity contribution in [1.29, 1.82) is 0 Å². The lowest BCUT2D eigenvalue weighted by Crippen LogP contribution is -2.42. The van der Waals surface area contributed by atoms with Gasteiger partial charge in [0.2, 0.25) is 0 Å². The molecule has 0 saturated heterocycles. The molecule has 1 atom stereocenters. The molecule has 1 aliphatic heterocycles. The molecule has 0 spiro atoms. The van der Waals surface area contributed by atoms with Gasteiger partial charge in [0.05, 0.1) is 12.1 Å². The van der Waals surface area contributed by atoms with E-state index in [1.54, 1.807) is 0 Å². The Bertz CT molecular complexity index is 213. The molecular weight excluding hydrogens is 224 g/mol. The van der Waals surface area contributed by atoms with Crippen LogP contribution >= 0.6 is 34.8 Å². The Kier molecular flexibility index (Phi) is 2.78. The highest BCUT2D eigenvalue weighted by Crippen LogP contribution is 2.43. The minimum absolute atomic E-state index is 0.139. The molecule has 0 aliphatic carbocycles. The Balaban J connectivity index is 2.70. The summed E-state index contributed by atoms with van der Waals surface area (Å²) in [5, 5.41) is 13.2. The molecule has 12 heavy (non-hydrogen) atoms. The van der Waals surface area contributed by atoms with Crippen LogP contribution < -0.4 is 0 Å². The lowest BCUT2D eigenvalue weighted by atomic mass is 10.1. The van der Waals surface area contributed by atoms with Gasteiger partial charge in [-0.15, -0.1) is 0 Å². The summed E-state index contributed by atoms with van der Waals surface area (Å²) in [6.07, 6.45) is 0.809. The molecule has 1 N–H and O–H groups in total. The number of aliphatic hydroxyl groups is 1. The van der Waals surface area contributed by atoms with Crippen LogP contribution in [-0.4, -0.2) is 20.4 Å². The summed E-state index contributed by atoms with van der Waals surface area (Å²) in [5.74, 6) is -1.80. The third-order valence-corrected chi connectivity index (χ3v) is 2.51. The molecule has 0 fully saturated rings. The van der Waals surface area contributed by atoms with Crippen LogP contribution in [0.1, 0.15) is 19.8 Å². The van der Waals surface area contributed by atoms with Crippen molar-refractivity contribution >= 4 is 40.5 Å². The van der Waals surface area contributed by atoms with Crippen molar-refractivity contribution in [2.75, 3.05) is 0 Å². The third kappa shape index (κ3) is 1.79. The normalized spacial score (nSPS) is 29.9. The predicted octanol–water partition coefficient (Wildman–Crippen LogP) is 2.23. The molecular formula is C6H8Cl3NO2. The Morgan fingerprint density at radius 1 is 1.67 bits per heavy atom. The molecule has 0 amide bonds. The van der Waals surface area contributed by atoms with Gasteiger partial charge >= 0.3 is 0 Å². The summed E-state index contributed by atoms with van der Waals surface area (Å²) in [5.41, 5.74) is 0.684. The first-order valence-corrected chi connectivity index (χ1v) is 4.55. The first kappa shape index (κ1) is 10.4. The highest BCUT2D eigenvalue weighted by Gasteiger charge is 2.53. The Morgan fingerprint density at radius 2 is 2.25 bits per heavy atom. The zero-order valence-electron chi connectivity index (χ0n) is 6.35. The molecule has 1 aliphatic rings. The van der Waals surface area contributed by atoms with E-state index in [9.17, 15) is 5.11 Å². The van der Waals surface area contributed by atoms with Gasteiger partial charge in [-0.05, 0) is 6.42 Å². The van der Waals surface area contributed by atoms with E-state index in [1.165, 1.54) is 0 Å². The van der Waals surface area contributed by atoms with Crippen LogP contribution in [0.25, 0.3) is 0 Å². The summed E-state index contributed by atoms with van der Waals surface area (Å²) in [6, 6.07) is 0. The van der Waals surface area contributed by atoms with Crippen LogP contribution in [0.3, 0.4) is 0 Å². The van der Waals surface area contributed by atoms with Gasteiger partial charge in [0, 0.05) is 0 Å². The molecule has 0 aromatic rings. The Morgan fingerprint density at radius 3 is 2.50 bits per heavy atom. The number of hydrogen-bond acceptors (Lipinski definition) is 3. The van der Waals surface area contributed by atoms with Gasteiger partial charge in [-0.2, -0.15) is 0 Å². The summed E-state index contributed by atoms with van der Waals surface area (Å²) in [7, 11) is 0. The van der Waals surface area contributed by atoms with Crippen molar-refractivity contribution in [3.05, 3.63) is 0 Å². The lowest BCUT2D eigenvalue weighted by molar-refractivity contribution is -0.181. The van der Waals surface area contributed by atoms with Crippen molar-refractivity contribution in [3.8, 4) is 0 Å². The first-order valence-electron chi connectivity index (χ1n) is 3.42.